The van der Waals surface area contributed by atoms with Gasteiger partial charge in [0.25, 0.3) is 0 Å². The third-order valence-electron chi connectivity index (χ3n) is 3.46. The smallest absolute Gasteiger partial charge is 0.223 e. The van der Waals surface area contributed by atoms with E-state index < -0.39 is 0 Å². The van der Waals surface area contributed by atoms with Gasteiger partial charge in [-0.25, -0.2) is 0 Å². The zero-order valence-electron chi connectivity index (χ0n) is 9.12. The van der Waals surface area contributed by atoms with Crippen LogP contribution in [0.2, 0.25) is 0 Å². The molecule has 3 fully saturated rings. The topological polar surface area (TPSA) is 29.5 Å². The van der Waals surface area contributed by atoms with Crippen LogP contribution >= 0.6 is 11.6 Å². The fourth-order valence-electron chi connectivity index (χ4n) is 2.75. The number of fused-ring (bicyclic) bond motifs is 2. The van der Waals surface area contributed by atoms with E-state index in [2.05, 4.69) is 0 Å². The molecule has 2 saturated heterocycles. The number of carbonyl (C=O) groups excluding carboxylic acids is 1. The first-order valence-electron chi connectivity index (χ1n) is 5.71. The van der Waals surface area contributed by atoms with Crippen molar-refractivity contribution in [1.29, 1.82) is 0 Å². The van der Waals surface area contributed by atoms with E-state index in [1.54, 1.807) is 0 Å². The standard InChI is InChI=1S/C11H18ClNO2/c1-2-15-11-8-5-9(11)7-13(6-8)10(14)3-4-12/h8-9,11H,2-7H2,1H3. The van der Waals surface area contributed by atoms with Crippen LogP contribution in [-0.4, -0.2) is 42.5 Å². The average molecular weight is 232 g/mol. The molecule has 1 saturated carbocycles. The van der Waals surface area contributed by atoms with Gasteiger partial charge in [0.05, 0.1) is 6.10 Å². The number of carbonyl (C=O) groups is 1. The van der Waals surface area contributed by atoms with Crippen LogP contribution in [-0.2, 0) is 9.53 Å². The number of alkyl halides is 1. The highest BCUT2D eigenvalue weighted by atomic mass is 35.5. The van der Waals surface area contributed by atoms with E-state index >= 15 is 0 Å². The predicted octanol–water partition coefficient (Wildman–Crippen LogP) is 1.50. The summed E-state index contributed by atoms with van der Waals surface area (Å²) in [6, 6.07) is 0. The Kier molecular flexibility index (Phi) is 3.52. The first-order chi connectivity index (χ1) is 7.26. The van der Waals surface area contributed by atoms with E-state index in [9.17, 15) is 4.79 Å². The number of amides is 1. The maximum absolute atomic E-state index is 11.6. The van der Waals surface area contributed by atoms with Crippen LogP contribution in [0.4, 0.5) is 0 Å². The normalized spacial score (nSPS) is 33.7. The summed E-state index contributed by atoms with van der Waals surface area (Å²) in [4.78, 5) is 13.6. The summed E-state index contributed by atoms with van der Waals surface area (Å²) in [5, 5.41) is 0. The molecular weight excluding hydrogens is 214 g/mol. The molecule has 0 N–H and O–H groups in total. The summed E-state index contributed by atoms with van der Waals surface area (Å²) < 4.78 is 5.67. The van der Waals surface area contributed by atoms with Crippen LogP contribution < -0.4 is 0 Å². The molecule has 3 aliphatic rings. The van der Waals surface area contributed by atoms with Crippen LogP contribution in [0.25, 0.3) is 0 Å². The zero-order chi connectivity index (χ0) is 10.8. The van der Waals surface area contributed by atoms with E-state index in [-0.39, 0.29) is 5.91 Å². The lowest BCUT2D eigenvalue weighted by molar-refractivity contribution is -0.160. The molecule has 2 unspecified atom stereocenters. The number of nitrogens with zero attached hydrogens (tertiary/aromatic N) is 1. The molecule has 2 bridgehead atoms. The van der Waals surface area contributed by atoms with Gasteiger partial charge in [-0.15, -0.1) is 11.6 Å². The van der Waals surface area contributed by atoms with Crippen molar-refractivity contribution in [1.82, 2.24) is 4.90 Å². The Morgan fingerprint density at radius 3 is 2.67 bits per heavy atom. The molecule has 1 aliphatic carbocycles. The lowest BCUT2D eigenvalue weighted by Crippen LogP contribution is -2.60. The Hall–Kier alpha value is -0.280. The monoisotopic (exact) mass is 231 g/mol. The summed E-state index contributed by atoms with van der Waals surface area (Å²) in [7, 11) is 0. The fraction of sp³-hybridized carbons (Fsp3) is 0.909. The molecule has 0 radical (unpaired) electrons. The highest BCUT2D eigenvalue weighted by Crippen LogP contribution is 2.42. The maximum Gasteiger partial charge on any atom is 0.223 e. The summed E-state index contributed by atoms with van der Waals surface area (Å²) in [5.74, 6) is 1.78. The third kappa shape index (κ3) is 2.13. The number of ether oxygens (including phenoxy) is 1. The predicted molar refractivity (Wildman–Crippen MR) is 58.9 cm³/mol. The highest BCUT2D eigenvalue weighted by Gasteiger charge is 2.48. The zero-order valence-corrected chi connectivity index (χ0v) is 9.87. The largest absolute Gasteiger partial charge is 0.378 e. The lowest BCUT2D eigenvalue weighted by Gasteiger charge is -2.53. The first kappa shape index (κ1) is 11.2. The molecule has 15 heavy (non-hydrogen) atoms. The molecule has 0 aromatic rings. The van der Waals surface area contributed by atoms with Crippen LogP contribution in [0.1, 0.15) is 19.8 Å². The Bertz CT molecular complexity index is 235. The van der Waals surface area contributed by atoms with Gasteiger partial charge in [0.2, 0.25) is 5.91 Å². The van der Waals surface area contributed by atoms with Crippen LogP contribution in [0.15, 0.2) is 0 Å². The summed E-state index contributed by atoms with van der Waals surface area (Å²) in [5.41, 5.74) is 0. The Balaban J connectivity index is 1.84. The summed E-state index contributed by atoms with van der Waals surface area (Å²) in [6.45, 7) is 4.56. The molecule has 0 spiro atoms. The molecule has 0 aromatic heterocycles. The number of rotatable bonds is 4. The molecule has 3 nitrogen and oxygen atoms in total. The van der Waals surface area contributed by atoms with Crippen molar-refractivity contribution in [2.45, 2.75) is 25.9 Å². The molecular formula is C11H18ClNO2. The summed E-state index contributed by atoms with van der Waals surface area (Å²) in [6.07, 6.45) is 2.12. The van der Waals surface area contributed by atoms with Crippen molar-refractivity contribution in [3.8, 4) is 0 Å². The van der Waals surface area contributed by atoms with Crippen LogP contribution in [0.3, 0.4) is 0 Å². The summed E-state index contributed by atoms with van der Waals surface area (Å²) >= 11 is 5.57. The van der Waals surface area contributed by atoms with E-state index in [1.165, 1.54) is 6.42 Å². The number of hydrogen-bond donors (Lipinski definition) is 0. The molecule has 0 aromatic carbocycles. The van der Waals surface area contributed by atoms with Crippen molar-refractivity contribution in [3.63, 3.8) is 0 Å². The van der Waals surface area contributed by atoms with Gasteiger partial charge < -0.3 is 9.64 Å². The Labute approximate surface area is 95.7 Å². The molecule has 2 aliphatic heterocycles. The molecule has 1 amide bonds. The van der Waals surface area contributed by atoms with Gasteiger partial charge in [0.15, 0.2) is 0 Å². The van der Waals surface area contributed by atoms with E-state index in [0.29, 0.717) is 30.2 Å². The van der Waals surface area contributed by atoms with Crippen molar-refractivity contribution in [2.75, 3.05) is 25.6 Å². The number of piperidine rings is 2. The Morgan fingerprint density at radius 1 is 1.47 bits per heavy atom. The van der Waals surface area contributed by atoms with E-state index in [0.717, 1.165) is 19.7 Å². The van der Waals surface area contributed by atoms with Crippen molar-refractivity contribution in [3.05, 3.63) is 0 Å². The second-order valence-electron chi connectivity index (χ2n) is 4.41. The van der Waals surface area contributed by atoms with Crippen molar-refractivity contribution >= 4 is 17.5 Å². The molecule has 3 rings (SSSR count). The lowest BCUT2D eigenvalue weighted by atomic mass is 9.68. The second kappa shape index (κ2) is 4.71. The van der Waals surface area contributed by atoms with Crippen molar-refractivity contribution in [2.24, 2.45) is 11.8 Å². The van der Waals surface area contributed by atoms with E-state index in [4.69, 9.17) is 16.3 Å². The Morgan fingerprint density at radius 2 is 2.13 bits per heavy atom. The van der Waals surface area contributed by atoms with Gasteiger partial charge in [0, 0.05) is 43.8 Å². The number of hydrogen-bond acceptors (Lipinski definition) is 2. The second-order valence-corrected chi connectivity index (χ2v) is 4.79. The molecule has 2 heterocycles. The van der Waals surface area contributed by atoms with Gasteiger partial charge >= 0.3 is 0 Å². The maximum atomic E-state index is 11.6. The molecule has 86 valence electrons. The van der Waals surface area contributed by atoms with Gasteiger partial charge in [-0.1, -0.05) is 0 Å². The highest BCUT2D eigenvalue weighted by molar-refractivity contribution is 6.18. The quantitative estimate of drug-likeness (QED) is 0.687. The third-order valence-corrected chi connectivity index (χ3v) is 3.65. The van der Waals surface area contributed by atoms with Crippen LogP contribution in [0, 0.1) is 11.8 Å². The number of halogens is 1. The van der Waals surface area contributed by atoms with Gasteiger partial charge in [-0.05, 0) is 13.3 Å². The minimum absolute atomic E-state index is 0.203. The van der Waals surface area contributed by atoms with Gasteiger partial charge in [0.1, 0.15) is 0 Å². The van der Waals surface area contributed by atoms with Crippen LogP contribution in [0.5, 0.6) is 0 Å². The van der Waals surface area contributed by atoms with Gasteiger partial charge in [-0.2, -0.15) is 0 Å². The minimum atomic E-state index is 0.203. The average Bonchev–Trinajstić information content (AvgIpc) is 2.26. The SMILES string of the molecule is CCOC1C2CC1CN(C(=O)CCCl)C2. The fourth-order valence-corrected chi connectivity index (χ4v) is 2.91. The minimum Gasteiger partial charge on any atom is -0.378 e. The van der Waals surface area contributed by atoms with Crippen molar-refractivity contribution < 1.29 is 9.53 Å². The van der Waals surface area contributed by atoms with Gasteiger partial charge in [-0.3, -0.25) is 4.79 Å². The molecule has 4 heteroatoms. The molecule has 2 atom stereocenters. The first-order valence-corrected chi connectivity index (χ1v) is 6.25. The van der Waals surface area contributed by atoms with E-state index in [1.807, 2.05) is 11.8 Å².